The van der Waals surface area contributed by atoms with Crippen LogP contribution in [0.3, 0.4) is 0 Å². The van der Waals surface area contributed by atoms with Gasteiger partial charge in [0.05, 0.1) is 16.4 Å². The average Bonchev–Trinajstić information content (AvgIpc) is 2.60. The van der Waals surface area contributed by atoms with Crippen molar-refractivity contribution in [2.75, 3.05) is 23.0 Å². The maximum absolute atomic E-state index is 11.9. The molecule has 0 bridgehead atoms. The van der Waals surface area contributed by atoms with Crippen molar-refractivity contribution in [3.8, 4) is 6.07 Å². The van der Waals surface area contributed by atoms with E-state index in [1.807, 2.05) is 23.9 Å². The van der Waals surface area contributed by atoms with E-state index >= 15 is 0 Å². The number of rotatable bonds is 6. The minimum atomic E-state index is -0.520. The molecule has 140 valence electrons. The molecule has 1 aliphatic carbocycles. The lowest BCUT2D eigenvalue weighted by Crippen LogP contribution is -2.41. The standard InChI is InChI=1S/C20H27N3O2S/c1-15(2)13-22(17-6-10-26-11-7-17)18-5-4-16(12-19(18)23(24)25)20(14-21)8-3-9-20/h4-5,12,15,17H,3,6-11,13H2,1-2H3. The van der Waals surface area contributed by atoms with Crippen LogP contribution in [0.2, 0.25) is 0 Å². The van der Waals surface area contributed by atoms with Gasteiger partial charge in [-0.15, -0.1) is 0 Å². The van der Waals surface area contributed by atoms with Gasteiger partial charge in [-0.3, -0.25) is 10.1 Å². The lowest BCUT2D eigenvalue weighted by molar-refractivity contribution is -0.384. The molecule has 0 N–H and O–H groups in total. The second-order valence-corrected chi connectivity index (χ2v) is 9.12. The quantitative estimate of drug-likeness (QED) is 0.524. The molecule has 1 aromatic rings. The lowest BCUT2D eigenvalue weighted by atomic mass is 9.65. The zero-order chi connectivity index (χ0) is 18.7. The van der Waals surface area contributed by atoms with Gasteiger partial charge in [0.2, 0.25) is 0 Å². The van der Waals surface area contributed by atoms with Crippen LogP contribution in [0.15, 0.2) is 18.2 Å². The van der Waals surface area contributed by atoms with E-state index in [4.69, 9.17) is 0 Å². The Kier molecular flexibility index (Phi) is 5.76. The van der Waals surface area contributed by atoms with Gasteiger partial charge < -0.3 is 4.90 Å². The Balaban J connectivity index is 2.00. The van der Waals surface area contributed by atoms with Crippen LogP contribution in [0.1, 0.15) is 51.5 Å². The zero-order valence-electron chi connectivity index (χ0n) is 15.6. The molecule has 2 fully saturated rings. The van der Waals surface area contributed by atoms with Gasteiger partial charge in [-0.05, 0) is 61.2 Å². The second kappa shape index (κ2) is 7.87. The summed E-state index contributed by atoms with van der Waals surface area (Å²) < 4.78 is 0. The smallest absolute Gasteiger partial charge is 0.292 e. The van der Waals surface area contributed by atoms with Crippen molar-refractivity contribution >= 4 is 23.1 Å². The first-order chi connectivity index (χ1) is 12.5. The first-order valence-corrected chi connectivity index (χ1v) is 10.7. The number of nitro benzene ring substituents is 1. The molecule has 1 aromatic carbocycles. The van der Waals surface area contributed by atoms with E-state index in [2.05, 4.69) is 24.8 Å². The molecule has 0 spiro atoms. The summed E-state index contributed by atoms with van der Waals surface area (Å²) in [5.41, 5.74) is 1.17. The first kappa shape index (κ1) is 19.0. The van der Waals surface area contributed by atoms with Crippen LogP contribution in [0.4, 0.5) is 11.4 Å². The predicted molar refractivity (Wildman–Crippen MR) is 107 cm³/mol. The van der Waals surface area contributed by atoms with E-state index in [0.29, 0.717) is 12.0 Å². The summed E-state index contributed by atoms with van der Waals surface area (Å²) >= 11 is 1.96. The molecule has 6 heteroatoms. The monoisotopic (exact) mass is 373 g/mol. The molecule has 5 nitrogen and oxygen atoms in total. The Morgan fingerprint density at radius 1 is 1.38 bits per heavy atom. The third kappa shape index (κ3) is 3.68. The van der Waals surface area contributed by atoms with Crippen molar-refractivity contribution < 1.29 is 4.92 Å². The fourth-order valence-electron chi connectivity index (χ4n) is 4.04. The summed E-state index contributed by atoms with van der Waals surface area (Å²) in [7, 11) is 0. The number of nitro groups is 1. The van der Waals surface area contributed by atoms with Crippen LogP contribution in [0.25, 0.3) is 0 Å². The Morgan fingerprint density at radius 2 is 2.08 bits per heavy atom. The molecule has 0 unspecified atom stereocenters. The highest BCUT2D eigenvalue weighted by molar-refractivity contribution is 7.99. The topological polar surface area (TPSA) is 70.2 Å². The second-order valence-electron chi connectivity index (χ2n) is 7.90. The molecule has 2 aliphatic rings. The van der Waals surface area contributed by atoms with Gasteiger partial charge in [-0.1, -0.05) is 19.9 Å². The molecule has 0 aromatic heterocycles. The maximum atomic E-state index is 11.9. The van der Waals surface area contributed by atoms with Gasteiger partial charge in [0.1, 0.15) is 5.69 Å². The van der Waals surface area contributed by atoms with Gasteiger partial charge in [0.15, 0.2) is 0 Å². The Labute approximate surface area is 159 Å². The third-order valence-corrected chi connectivity index (χ3v) is 6.70. The largest absolute Gasteiger partial charge is 0.363 e. The molecule has 1 saturated carbocycles. The normalized spacial score (nSPS) is 19.6. The average molecular weight is 374 g/mol. The summed E-state index contributed by atoms with van der Waals surface area (Å²) in [6.45, 7) is 5.13. The van der Waals surface area contributed by atoms with Gasteiger partial charge >= 0.3 is 0 Å². The molecule has 3 rings (SSSR count). The maximum Gasteiger partial charge on any atom is 0.292 e. The first-order valence-electron chi connectivity index (χ1n) is 9.51. The van der Waals surface area contributed by atoms with Gasteiger partial charge in [-0.25, -0.2) is 0 Å². The van der Waals surface area contributed by atoms with E-state index < -0.39 is 5.41 Å². The Hall–Kier alpha value is -1.74. The van der Waals surface area contributed by atoms with E-state index in [9.17, 15) is 15.4 Å². The number of benzene rings is 1. The number of anilines is 1. The van der Waals surface area contributed by atoms with Crippen molar-refractivity contribution in [2.45, 2.75) is 57.4 Å². The predicted octanol–water partition coefficient (Wildman–Crippen LogP) is 4.90. The van der Waals surface area contributed by atoms with Crippen LogP contribution >= 0.6 is 11.8 Å². The number of nitrogens with zero attached hydrogens (tertiary/aromatic N) is 3. The molecule has 0 radical (unpaired) electrons. The molecular formula is C20H27N3O2S. The molecule has 1 heterocycles. The van der Waals surface area contributed by atoms with Crippen molar-refractivity contribution in [1.29, 1.82) is 5.26 Å². The third-order valence-electron chi connectivity index (χ3n) is 5.65. The summed E-state index contributed by atoms with van der Waals surface area (Å²) in [5, 5.41) is 21.4. The highest BCUT2D eigenvalue weighted by Crippen LogP contribution is 2.45. The van der Waals surface area contributed by atoms with E-state index in [1.54, 1.807) is 6.07 Å². The number of thioether (sulfide) groups is 1. The SMILES string of the molecule is CC(C)CN(c1ccc(C2(C#N)CCC2)cc1[N+](=O)[O-])C1CCSCC1. The van der Waals surface area contributed by atoms with E-state index in [-0.39, 0.29) is 10.6 Å². The molecular weight excluding hydrogens is 346 g/mol. The van der Waals surface area contributed by atoms with Crippen LogP contribution < -0.4 is 4.90 Å². The summed E-state index contributed by atoms with van der Waals surface area (Å²) in [6.07, 6.45) is 4.75. The van der Waals surface area contributed by atoms with Crippen molar-refractivity contribution in [3.63, 3.8) is 0 Å². The molecule has 26 heavy (non-hydrogen) atoms. The van der Waals surface area contributed by atoms with Crippen molar-refractivity contribution in [2.24, 2.45) is 5.92 Å². The number of hydrogen-bond donors (Lipinski definition) is 0. The van der Waals surface area contributed by atoms with E-state index in [1.165, 1.54) is 0 Å². The summed E-state index contributed by atoms with van der Waals surface area (Å²) in [6, 6.07) is 8.28. The van der Waals surface area contributed by atoms with Crippen LogP contribution in [0.5, 0.6) is 0 Å². The summed E-state index contributed by atoms with van der Waals surface area (Å²) in [5.74, 6) is 2.66. The minimum Gasteiger partial charge on any atom is -0.363 e. The molecule has 0 atom stereocenters. The van der Waals surface area contributed by atoms with Crippen LogP contribution in [-0.2, 0) is 5.41 Å². The number of hydrogen-bond acceptors (Lipinski definition) is 5. The highest BCUT2D eigenvalue weighted by Gasteiger charge is 2.40. The van der Waals surface area contributed by atoms with Crippen LogP contribution in [-0.4, -0.2) is 29.0 Å². The van der Waals surface area contributed by atoms with Gasteiger partial charge in [-0.2, -0.15) is 17.0 Å². The number of nitriles is 1. The van der Waals surface area contributed by atoms with Crippen molar-refractivity contribution in [3.05, 3.63) is 33.9 Å². The molecule has 1 saturated heterocycles. The molecule has 1 aliphatic heterocycles. The highest BCUT2D eigenvalue weighted by atomic mass is 32.2. The van der Waals surface area contributed by atoms with E-state index in [0.717, 1.165) is 61.4 Å². The minimum absolute atomic E-state index is 0.155. The van der Waals surface area contributed by atoms with Crippen LogP contribution in [0, 0.1) is 27.4 Å². The van der Waals surface area contributed by atoms with Gasteiger partial charge in [0.25, 0.3) is 5.69 Å². The van der Waals surface area contributed by atoms with Crippen molar-refractivity contribution in [1.82, 2.24) is 0 Å². The summed E-state index contributed by atoms with van der Waals surface area (Å²) in [4.78, 5) is 13.8. The Bertz CT molecular complexity index is 703. The molecule has 0 amide bonds. The van der Waals surface area contributed by atoms with Gasteiger partial charge in [0, 0.05) is 18.7 Å². The fraction of sp³-hybridized carbons (Fsp3) is 0.650. The zero-order valence-corrected chi connectivity index (χ0v) is 16.4. The lowest BCUT2D eigenvalue weighted by Gasteiger charge is -2.38. The fourth-order valence-corrected chi connectivity index (χ4v) is 5.12. The Morgan fingerprint density at radius 3 is 2.58 bits per heavy atom.